The zero-order valence-electron chi connectivity index (χ0n) is 13.0. The van der Waals surface area contributed by atoms with E-state index in [2.05, 4.69) is 26.8 Å². The van der Waals surface area contributed by atoms with Crippen LogP contribution in [-0.2, 0) is 9.84 Å². The van der Waals surface area contributed by atoms with E-state index in [1.807, 2.05) is 13.0 Å². The van der Waals surface area contributed by atoms with Gasteiger partial charge in [0.25, 0.3) is 0 Å². The Hall–Kier alpha value is -0.860. The number of nitrogens with zero attached hydrogens (tertiary/aromatic N) is 4. The van der Waals surface area contributed by atoms with Crippen LogP contribution in [0, 0.1) is 6.92 Å². The Morgan fingerprint density at radius 1 is 1.23 bits per heavy atom. The molecule has 6 nitrogen and oxygen atoms in total. The van der Waals surface area contributed by atoms with E-state index in [9.17, 15) is 8.42 Å². The number of hydrogen-bond donors (Lipinski definition) is 0. The van der Waals surface area contributed by atoms with Gasteiger partial charge >= 0.3 is 0 Å². The van der Waals surface area contributed by atoms with Crippen molar-refractivity contribution in [1.82, 2.24) is 14.9 Å². The molecule has 0 aliphatic carbocycles. The van der Waals surface area contributed by atoms with Gasteiger partial charge in [0.15, 0.2) is 15.0 Å². The second kappa shape index (κ2) is 6.33. The highest BCUT2D eigenvalue weighted by molar-refractivity contribution is 8.01. The average molecular weight is 342 g/mol. The van der Waals surface area contributed by atoms with E-state index in [1.54, 1.807) is 0 Å². The zero-order valence-corrected chi connectivity index (χ0v) is 14.7. The number of thioether (sulfide) groups is 1. The molecule has 1 aromatic rings. The Labute approximate surface area is 136 Å². The first-order valence-corrected chi connectivity index (χ1v) is 10.3. The third kappa shape index (κ3) is 3.91. The van der Waals surface area contributed by atoms with Crippen LogP contribution in [0.2, 0.25) is 0 Å². The summed E-state index contributed by atoms with van der Waals surface area (Å²) in [6.07, 6.45) is 0.703. The van der Waals surface area contributed by atoms with Crippen LogP contribution in [0.3, 0.4) is 0 Å². The molecule has 2 saturated heterocycles. The van der Waals surface area contributed by atoms with Crippen LogP contribution in [0.1, 0.15) is 12.1 Å². The highest BCUT2D eigenvalue weighted by Crippen LogP contribution is 2.30. The summed E-state index contributed by atoms with van der Waals surface area (Å²) in [5.41, 5.74) is 0.937. The summed E-state index contributed by atoms with van der Waals surface area (Å²) in [6, 6.07) is 2.01. The third-order valence-electron chi connectivity index (χ3n) is 4.11. The van der Waals surface area contributed by atoms with Gasteiger partial charge in [-0.1, -0.05) is 11.8 Å². The minimum absolute atomic E-state index is 0.0899. The lowest BCUT2D eigenvalue weighted by molar-refractivity contribution is 0.312. The molecule has 8 heteroatoms. The van der Waals surface area contributed by atoms with E-state index in [-0.39, 0.29) is 11.0 Å². The van der Waals surface area contributed by atoms with Crippen LogP contribution < -0.4 is 4.90 Å². The fraction of sp³-hybridized carbons (Fsp3) is 0.714. The van der Waals surface area contributed by atoms with Crippen LogP contribution in [0.4, 0.5) is 5.82 Å². The highest BCUT2D eigenvalue weighted by Gasteiger charge is 2.29. The molecular formula is C14H22N4O2S2. The van der Waals surface area contributed by atoms with Crippen molar-refractivity contribution >= 4 is 27.4 Å². The van der Waals surface area contributed by atoms with Crippen LogP contribution in [-0.4, -0.2) is 73.3 Å². The van der Waals surface area contributed by atoms with Gasteiger partial charge in [0.1, 0.15) is 5.82 Å². The summed E-state index contributed by atoms with van der Waals surface area (Å²) in [7, 11) is -0.725. The van der Waals surface area contributed by atoms with Gasteiger partial charge in [-0.2, -0.15) is 0 Å². The first-order chi connectivity index (χ1) is 10.4. The van der Waals surface area contributed by atoms with Gasteiger partial charge in [-0.3, -0.25) is 0 Å². The molecule has 122 valence electrons. The fourth-order valence-corrected chi connectivity index (χ4v) is 6.24. The maximum Gasteiger partial charge on any atom is 0.190 e. The fourth-order valence-electron chi connectivity index (χ4n) is 2.78. The number of anilines is 1. The molecule has 0 radical (unpaired) electrons. The van der Waals surface area contributed by atoms with E-state index in [1.165, 1.54) is 11.8 Å². The molecule has 1 unspecified atom stereocenters. The zero-order chi connectivity index (χ0) is 15.7. The lowest BCUT2D eigenvalue weighted by atomic mass is 10.3. The first kappa shape index (κ1) is 16.0. The lowest BCUT2D eigenvalue weighted by Crippen LogP contribution is -2.44. The Morgan fingerprint density at radius 3 is 2.59 bits per heavy atom. The van der Waals surface area contributed by atoms with E-state index < -0.39 is 9.84 Å². The number of aromatic nitrogens is 2. The quantitative estimate of drug-likeness (QED) is 0.753. The molecule has 22 heavy (non-hydrogen) atoms. The second-order valence-electron chi connectivity index (χ2n) is 6.08. The average Bonchev–Trinajstić information content (AvgIpc) is 2.78. The molecule has 0 bridgehead atoms. The Balaban J connectivity index is 1.73. The Kier molecular flexibility index (Phi) is 4.61. The molecule has 2 aliphatic heterocycles. The van der Waals surface area contributed by atoms with Crippen molar-refractivity contribution in [2.24, 2.45) is 0 Å². The van der Waals surface area contributed by atoms with Crippen molar-refractivity contribution in [2.75, 3.05) is 49.6 Å². The predicted octanol–water partition coefficient (Wildman–Crippen LogP) is 0.816. The van der Waals surface area contributed by atoms with Gasteiger partial charge < -0.3 is 9.80 Å². The van der Waals surface area contributed by atoms with E-state index in [0.717, 1.165) is 37.7 Å². The molecule has 3 rings (SSSR count). The molecule has 0 N–H and O–H groups in total. The summed E-state index contributed by atoms with van der Waals surface area (Å²) in [4.78, 5) is 13.7. The Morgan fingerprint density at radius 2 is 1.95 bits per heavy atom. The predicted molar refractivity (Wildman–Crippen MR) is 89.4 cm³/mol. The van der Waals surface area contributed by atoms with Gasteiger partial charge in [0, 0.05) is 43.2 Å². The monoisotopic (exact) mass is 342 g/mol. The van der Waals surface area contributed by atoms with Gasteiger partial charge in [-0.25, -0.2) is 18.4 Å². The maximum atomic E-state index is 11.6. The van der Waals surface area contributed by atoms with Crippen molar-refractivity contribution < 1.29 is 8.42 Å². The summed E-state index contributed by atoms with van der Waals surface area (Å²) < 4.78 is 23.2. The SMILES string of the molecule is Cc1cc(N2CCN(C)CC2)nc(SC2CCS(=O)(=O)C2)n1. The molecule has 3 heterocycles. The van der Waals surface area contributed by atoms with Crippen LogP contribution in [0.25, 0.3) is 0 Å². The van der Waals surface area contributed by atoms with Gasteiger partial charge in [0.05, 0.1) is 11.5 Å². The molecule has 0 amide bonds. The van der Waals surface area contributed by atoms with Crippen molar-refractivity contribution in [3.8, 4) is 0 Å². The third-order valence-corrected chi connectivity index (χ3v) is 7.22. The van der Waals surface area contributed by atoms with Crippen LogP contribution in [0.5, 0.6) is 0 Å². The number of hydrogen-bond acceptors (Lipinski definition) is 7. The van der Waals surface area contributed by atoms with Crippen molar-refractivity contribution in [1.29, 1.82) is 0 Å². The molecule has 2 aliphatic rings. The topological polar surface area (TPSA) is 66.4 Å². The molecule has 0 spiro atoms. The molecule has 1 atom stereocenters. The second-order valence-corrected chi connectivity index (χ2v) is 9.58. The minimum atomic E-state index is -2.85. The number of likely N-dealkylation sites (N-methyl/N-ethyl adjacent to an activating group) is 1. The van der Waals surface area contributed by atoms with Crippen molar-refractivity contribution in [3.63, 3.8) is 0 Å². The largest absolute Gasteiger partial charge is 0.354 e. The highest BCUT2D eigenvalue weighted by atomic mass is 32.2. The van der Waals surface area contributed by atoms with Gasteiger partial charge in [-0.05, 0) is 20.4 Å². The molecule has 2 fully saturated rings. The van der Waals surface area contributed by atoms with Crippen LogP contribution >= 0.6 is 11.8 Å². The van der Waals surface area contributed by atoms with Crippen molar-refractivity contribution in [2.45, 2.75) is 23.8 Å². The minimum Gasteiger partial charge on any atom is -0.354 e. The smallest absolute Gasteiger partial charge is 0.190 e. The van der Waals surface area contributed by atoms with Gasteiger partial charge in [0.2, 0.25) is 0 Å². The maximum absolute atomic E-state index is 11.6. The molecule has 1 aromatic heterocycles. The van der Waals surface area contributed by atoms with Crippen molar-refractivity contribution in [3.05, 3.63) is 11.8 Å². The van der Waals surface area contributed by atoms with Crippen LogP contribution in [0.15, 0.2) is 11.2 Å². The summed E-state index contributed by atoms with van der Waals surface area (Å²) in [6.45, 7) is 5.97. The van der Waals surface area contributed by atoms with E-state index in [4.69, 9.17) is 0 Å². The lowest BCUT2D eigenvalue weighted by Gasteiger charge is -2.33. The summed E-state index contributed by atoms with van der Waals surface area (Å²) in [5.74, 6) is 1.50. The van der Waals surface area contributed by atoms with Gasteiger partial charge in [-0.15, -0.1) is 0 Å². The van der Waals surface area contributed by atoms with E-state index >= 15 is 0 Å². The summed E-state index contributed by atoms with van der Waals surface area (Å²) in [5, 5.41) is 0.795. The molecule has 0 aromatic carbocycles. The number of aryl methyl sites for hydroxylation is 1. The molecule has 0 saturated carbocycles. The van der Waals surface area contributed by atoms with E-state index in [0.29, 0.717) is 17.3 Å². The Bertz CT molecular complexity index is 642. The number of piperazine rings is 1. The summed E-state index contributed by atoms with van der Waals surface area (Å²) >= 11 is 1.51. The standard InChI is InChI=1S/C14H22N4O2S2/c1-11-9-13(18-6-4-17(2)5-7-18)16-14(15-11)21-12-3-8-22(19,20)10-12/h9,12H,3-8,10H2,1-2H3. The first-order valence-electron chi connectivity index (χ1n) is 7.57. The number of sulfone groups is 1. The normalized spacial score (nSPS) is 25.5. The number of rotatable bonds is 3. The molecular weight excluding hydrogens is 320 g/mol.